The van der Waals surface area contributed by atoms with Crippen molar-refractivity contribution in [3.05, 3.63) is 90.0 Å². The fourth-order valence-corrected chi connectivity index (χ4v) is 3.05. The van der Waals surface area contributed by atoms with E-state index in [1.807, 2.05) is 68.4 Å². The largest absolute Gasteiger partial charge is 0.480 e. The van der Waals surface area contributed by atoms with Crippen LogP contribution in [0.25, 0.3) is 0 Å². The minimum atomic E-state index is -0.609. The molecule has 2 N–H and O–H groups in total. The molecule has 0 heterocycles. The Balaban J connectivity index is 1.61. The quantitative estimate of drug-likeness (QED) is 0.559. The molecule has 5 nitrogen and oxygen atoms in total. The second kappa shape index (κ2) is 10.3. The van der Waals surface area contributed by atoms with E-state index < -0.39 is 6.10 Å². The molecule has 2 amide bonds. The number of hydrogen-bond donors (Lipinski definition) is 2. The highest BCUT2D eigenvalue weighted by Crippen LogP contribution is 2.20. The number of carbonyl (C=O) groups is 2. The maximum atomic E-state index is 12.7. The normalized spacial score (nSPS) is 11.4. The third-order valence-electron chi connectivity index (χ3n) is 4.65. The van der Waals surface area contributed by atoms with Gasteiger partial charge in [0.25, 0.3) is 5.91 Å². The smallest absolute Gasteiger partial charge is 0.265 e. The summed E-state index contributed by atoms with van der Waals surface area (Å²) >= 11 is 0. The monoisotopic (exact) mass is 402 g/mol. The van der Waals surface area contributed by atoms with Crippen molar-refractivity contribution in [3.63, 3.8) is 0 Å². The number of carbonyl (C=O) groups excluding carboxylic acids is 2. The van der Waals surface area contributed by atoms with Crippen molar-refractivity contribution in [1.82, 2.24) is 0 Å². The van der Waals surface area contributed by atoms with Crippen molar-refractivity contribution in [2.24, 2.45) is 0 Å². The van der Waals surface area contributed by atoms with Crippen LogP contribution in [0.3, 0.4) is 0 Å². The zero-order chi connectivity index (χ0) is 21.3. The lowest BCUT2D eigenvalue weighted by atomic mass is 10.1. The molecule has 3 rings (SSSR count). The van der Waals surface area contributed by atoms with Gasteiger partial charge in [0.15, 0.2) is 6.10 Å². The zero-order valence-electron chi connectivity index (χ0n) is 17.2. The number of aryl methyl sites for hydroxylation is 1. The van der Waals surface area contributed by atoms with E-state index in [0.29, 0.717) is 30.0 Å². The van der Waals surface area contributed by atoms with Gasteiger partial charge in [-0.3, -0.25) is 9.59 Å². The topological polar surface area (TPSA) is 67.4 Å². The molecule has 0 saturated carbocycles. The summed E-state index contributed by atoms with van der Waals surface area (Å²) in [5.41, 5.74) is 3.15. The predicted molar refractivity (Wildman–Crippen MR) is 120 cm³/mol. The highest BCUT2D eigenvalue weighted by molar-refractivity contribution is 5.96. The number of nitrogens with one attached hydrogen (secondary N) is 2. The van der Waals surface area contributed by atoms with E-state index in [0.717, 1.165) is 11.1 Å². The molecule has 0 fully saturated rings. The Hall–Kier alpha value is -3.60. The molecule has 5 heteroatoms. The van der Waals surface area contributed by atoms with E-state index in [9.17, 15) is 9.59 Å². The number of para-hydroxylation sites is 1. The molecule has 30 heavy (non-hydrogen) atoms. The molecule has 0 spiro atoms. The highest BCUT2D eigenvalue weighted by Gasteiger charge is 2.19. The molecule has 0 bridgehead atoms. The Kier molecular flexibility index (Phi) is 7.22. The summed E-state index contributed by atoms with van der Waals surface area (Å²) in [6.45, 7) is 3.85. The molecule has 0 aliphatic carbocycles. The molecule has 0 aromatic heterocycles. The van der Waals surface area contributed by atoms with Crippen molar-refractivity contribution in [1.29, 1.82) is 0 Å². The average molecular weight is 402 g/mol. The summed E-state index contributed by atoms with van der Waals surface area (Å²) in [6, 6.07) is 24.3. The third kappa shape index (κ3) is 5.95. The maximum absolute atomic E-state index is 12.7. The van der Waals surface area contributed by atoms with Crippen LogP contribution < -0.4 is 15.4 Å². The maximum Gasteiger partial charge on any atom is 0.265 e. The lowest BCUT2D eigenvalue weighted by Gasteiger charge is -2.19. The summed E-state index contributed by atoms with van der Waals surface area (Å²) in [4.78, 5) is 25.0. The van der Waals surface area contributed by atoms with Crippen molar-refractivity contribution >= 4 is 23.2 Å². The summed E-state index contributed by atoms with van der Waals surface area (Å²) in [5, 5.41) is 5.75. The first-order valence-electron chi connectivity index (χ1n) is 10.0. The minimum Gasteiger partial charge on any atom is -0.480 e. The van der Waals surface area contributed by atoms with Crippen molar-refractivity contribution in [2.75, 3.05) is 10.6 Å². The van der Waals surface area contributed by atoms with Crippen LogP contribution in [0.1, 0.15) is 24.5 Å². The lowest BCUT2D eigenvalue weighted by Crippen LogP contribution is -2.32. The molecular weight excluding hydrogens is 376 g/mol. The van der Waals surface area contributed by atoms with Crippen molar-refractivity contribution in [3.8, 4) is 5.75 Å². The van der Waals surface area contributed by atoms with Gasteiger partial charge in [-0.2, -0.15) is 0 Å². The molecule has 0 saturated heterocycles. The number of ether oxygens (including phenoxy) is 1. The molecule has 3 aromatic carbocycles. The van der Waals surface area contributed by atoms with Crippen LogP contribution in [0.4, 0.5) is 11.4 Å². The van der Waals surface area contributed by atoms with Gasteiger partial charge in [-0.15, -0.1) is 0 Å². The number of anilines is 2. The Labute approximate surface area is 177 Å². The van der Waals surface area contributed by atoms with Crippen LogP contribution in [0.2, 0.25) is 0 Å². The van der Waals surface area contributed by atoms with Gasteiger partial charge in [0.1, 0.15) is 5.75 Å². The SMILES string of the molecule is CCC(Oc1ccccc1C)C(=O)Nc1cccc(NC(=O)Cc2ccccc2)c1. The Bertz CT molecular complexity index is 1000. The van der Waals surface area contributed by atoms with E-state index in [-0.39, 0.29) is 11.8 Å². The van der Waals surface area contributed by atoms with Crippen LogP contribution in [0.15, 0.2) is 78.9 Å². The van der Waals surface area contributed by atoms with Crippen molar-refractivity contribution in [2.45, 2.75) is 32.8 Å². The van der Waals surface area contributed by atoms with Crippen LogP contribution >= 0.6 is 0 Å². The van der Waals surface area contributed by atoms with Gasteiger partial charge in [-0.1, -0.05) is 61.5 Å². The fourth-order valence-electron chi connectivity index (χ4n) is 3.05. The standard InChI is InChI=1S/C25H26N2O3/c1-3-22(30-23-15-8-7-10-18(23)2)25(29)27-21-14-9-13-20(17-21)26-24(28)16-19-11-5-4-6-12-19/h4-15,17,22H,3,16H2,1-2H3,(H,26,28)(H,27,29). The second-order valence-electron chi connectivity index (χ2n) is 7.06. The minimum absolute atomic E-state index is 0.112. The summed E-state index contributed by atoms with van der Waals surface area (Å²) < 4.78 is 5.91. The Morgan fingerprint density at radius 3 is 2.23 bits per heavy atom. The van der Waals surface area contributed by atoms with E-state index in [2.05, 4.69) is 10.6 Å². The van der Waals surface area contributed by atoms with Crippen LogP contribution in [-0.4, -0.2) is 17.9 Å². The van der Waals surface area contributed by atoms with Gasteiger partial charge >= 0.3 is 0 Å². The Morgan fingerprint density at radius 2 is 1.53 bits per heavy atom. The predicted octanol–water partition coefficient (Wildman–Crippen LogP) is 4.97. The van der Waals surface area contributed by atoms with E-state index in [4.69, 9.17) is 4.74 Å². The molecule has 3 aromatic rings. The van der Waals surface area contributed by atoms with Crippen LogP contribution in [0, 0.1) is 6.92 Å². The second-order valence-corrected chi connectivity index (χ2v) is 7.06. The van der Waals surface area contributed by atoms with E-state index in [1.54, 1.807) is 24.3 Å². The Morgan fingerprint density at radius 1 is 0.867 bits per heavy atom. The summed E-state index contributed by atoms with van der Waals surface area (Å²) in [7, 11) is 0. The molecule has 0 aliphatic rings. The van der Waals surface area contributed by atoms with Crippen LogP contribution in [0.5, 0.6) is 5.75 Å². The highest BCUT2D eigenvalue weighted by atomic mass is 16.5. The molecule has 154 valence electrons. The number of benzene rings is 3. The third-order valence-corrected chi connectivity index (χ3v) is 4.65. The van der Waals surface area contributed by atoms with Crippen LogP contribution in [-0.2, 0) is 16.0 Å². The molecule has 0 radical (unpaired) electrons. The van der Waals surface area contributed by atoms with Gasteiger partial charge in [-0.05, 0) is 48.7 Å². The number of rotatable bonds is 8. The van der Waals surface area contributed by atoms with Gasteiger partial charge in [-0.25, -0.2) is 0 Å². The molecule has 1 unspecified atom stereocenters. The first-order valence-corrected chi connectivity index (χ1v) is 10.0. The fraction of sp³-hybridized carbons (Fsp3) is 0.200. The lowest BCUT2D eigenvalue weighted by molar-refractivity contribution is -0.122. The van der Waals surface area contributed by atoms with E-state index in [1.165, 1.54) is 0 Å². The zero-order valence-corrected chi connectivity index (χ0v) is 17.2. The van der Waals surface area contributed by atoms with Crippen molar-refractivity contribution < 1.29 is 14.3 Å². The molecule has 0 aliphatic heterocycles. The summed E-state index contributed by atoms with van der Waals surface area (Å²) in [6.07, 6.45) is 0.218. The van der Waals surface area contributed by atoms with Gasteiger partial charge in [0.2, 0.25) is 5.91 Å². The summed E-state index contributed by atoms with van der Waals surface area (Å²) in [5.74, 6) is 0.355. The first kappa shape index (κ1) is 21.1. The average Bonchev–Trinajstić information content (AvgIpc) is 2.74. The molecular formula is C25H26N2O3. The van der Waals surface area contributed by atoms with Gasteiger partial charge in [0.05, 0.1) is 6.42 Å². The first-order chi connectivity index (χ1) is 14.5. The number of amides is 2. The molecule has 1 atom stereocenters. The number of hydrogen-bond acceptors (Lipinski definition) is 3. The van der Waals surface area contributed by atoms with E-state index >= 15 is 0 Å². The van der Waals surface area contributed by atoms with Gasteiger partial charge in [0, 0.05) is 11.4 Å². The van der Waals surface area contributed by atoms with Gasteiger partial charge < -0.3 is 15.4 Å².